The highest BCUT2D eigenvalue weighted by Gasteiger charge is 2.25. The van der Waals surface area contributed by atoms with Gasteiger partial charge in [-0.3, -0.25) is 9.59 Å². The number of hydrogen-bond donors (Lipinski definition) is 1. The highest BCUT2D eigenvalue weighted by Crippen LogP contribution is 2.38. The maximum atomic E-state index is 13.1. The lowest BCUT2D eigenvalue weighted by Gasteiger charge is -2.14. The Morgan fingerprint density at radius 3 is 2.59 bits per heavy atom. The Hall–Kier alpha value is -3.43. The maximum Gasteiger partial charge on any atom is 0.279 e. The molecule has 172 valence electrons. The summed E-state index contributed by atoms with van der Waals surface area (Å²) in [5, 5.41) is 2.83. The van der Waals surface area contributed by atoms with E-state index in [4.69, 9.17) is 9.47 Å². The van der Waals surface area contributed by atoms with E-state index in [0.29, 0.717) is 32.0 Å². The number of nitrogens with one attached hydrogen (secondary N) is 1. The van der Waals surface area contributed by atoms with Gasteiger partial charge in [0, 0.05) is 5.56 Å². The van der Waals surface area contributed by atoms with Crippen LogP contribution in [0.2, 0.25) is 0 Å². The number of aliphatic imine (C=N–C) groups is 1. The molecule has 4 rings (SSSR count). The van der Waals surface area contributed by atoms with Gasteiger partial charge in [-0.05, 0) is 81.3 Å². The zero-order valence-corrected chi connectivity index (χ0v) is 20.3. The molecule has 1 saturated heterocycles. The molecule has 1 fully saturated rings. The molecular formula is C25H18BrFN2O4S. The number of halogens is 2. The molecule has 1 heterocycles. The van der Waals surface area contributed by atoms with Crippen LogP contribution in [0, 0.1) is 5.82 Å². The van der Waals surface area contributed by atoms with Crippen molar-refractivity contribution in [2.24, 2.45) is 4.99 Å². The lowest BCUT2D eigenvalue weighted by atomic mass is 10.2. The van der Waals surface area contributed by atoms with E-state index in [1.54, 1.807) is 54.6 Å². The van der Waals surface area contributed by atoms with E-state index >= 15 is 0 Å². The summed E-state index contributed by atoms with van der Waals surface area (Å²) < 4.78 is 25.1. The number of hydrogen-bond acceptors (Lipinski definition) is 5. The van der Waals surface area contributed by atoms with Crippen LogP contribution in [0.5, 0.6) is 11.5 Å². The molecule has 1 N–H and O–H groups in total. The quantitative estimate of drug-likeness (QED) is 0.413. The molecule has 0 atom stereocenters. The average Bonchev–Trinajstić information content (AvgIpc) is 3.17. The van der Waals surface area contributed by atoms with Crippen molar-refractivity contribution >= 4 is 50.7 Å². The lowest BCUT2D eigenvalue weighted by molar-refractivity contribution is -0.115. The van der Waals surface area contributed by atoms with Gasteiger partial charge < -0.3 is 14.8 Å². The zero-order chi connectivity index (χ0) is 24.1. The fourth-order valence-electron chi connectivity index (χ4n) is 3.07. The van der Waals surface area contributed by atoms with Crippen LogP contribution < -0.4 is 14.8 Å². The molecule has 0 aromatic heterocycles. The largest absolute Gasteiger partial charge is 0.493 e. The third kappa shape index (κ3) is 5.73. The summed E-state index contributed by atoms with van der Waals surface area (Å²) in [7, 11) is 1.51. The van der Waals surface area contributed by atoms with Crippen molar-refractivity contribution in [2.75, 3.05) is 7.11 Å². The summed E-state index contributed by atoms with van der Waals surface area (Å²) in [6, 6.07) is 18.2. The van der Waals surface area contributed by atoms with Crippen molar-refractivity contribution in [3.63, 3.8) is 0 Å². The van der Waals surface area contributed by atoms with Gasteiger partial charge in [-0.25, -0.2) is 4.39 Å². The van der Waals surface area contributed by atoms with Gasteiger partial charge in [0.05, 0.1) is 16.5 Å². The Bertz CT molecular complexity index is 1290. The van der Waals surface area contributed by atoms with Crippen LogP contribution in [-0.4, -0.2) is 24.1 Å². The number of ether oxygens (including phenoxy) is 2. The van der Waals surface area contributed by atoms with E-state index in [9.17, 15) is 14.0 Å². The molecule has 3 aromatic carbocycles. The van der Waals surface area contributed by atoms with E-state index in [0.717, 1.165) is 17.3 Å². The van der Waals surface area contributed by atoms with Crippen molar-refractivity contribution < 1.29 is 23.5 Å². The maximum absolute atomic E-state index is 13.1. The molecule has 6 nitrogen and oxygen atoms in total. The molecule has 34 heavy (non-hydrogen) atoms. The van der Waals surface area contributed by atoms with Gasteiger partial charge in [0.25, 0.3) is 11.8 Å². The second kappa shape index (κ2) is 10.7. The van der Waals surface area contributed by atoms with Crippen molar-refractivity contribution in [3.8, 4) is 11.5 Å². The summed E-state index contributed by atoms with van der Waals surface area (Å²) >= 11 is 4.57. The molecule has 3 aromatic rings. The predicted octanol–water partition coefficient (Wildman–Crippen LogP) is 5.58. The Kier molecular flexibility index (Phi) is 7.44. The Morgan fingerprint density at radius 1 is 1.15 bits per heavy atom. The Morgan fingerprint density at radius 2 is 1.88 bits per heavy atom. The van der Waals surface area contributed by atoms with Gasteiger partial charge in [0.1, 0.15) is 12.4 Å². The molecule has 2 amide bonds. The molecular weight excluding hydrogens is 523 g/mol. The van der Waals surface area contributed by atoms with E-state index in [-0.39, 0.29) is 23.5 Å². The Labute approximate surface area is 208 Å². The number of nitrogens with zero attached hydrogens (tertiary/aromatic N) is 1. The van der Waals surface area contributed by atoms with E-state index in [1.807, 2.05) is 6.07 Å². The SMILES string of the molecule is COc1cc(/C=C2\SC(=NC(=O)c3ccccc3)NC2=O)cc(Br)c1OCc1ccc(F)cc1. The van der Waals surface area contributed by atoms with Crippen molar-refractivity contribution in [2.45, 2.75) is 6.61 Å². The third-order valence-corrected chi connectivity index (χ3v) is 6.22. The van der Waals surface area contributed by atoms with Crippen LogP contribution in [0.1, 0.15) is 21.5 Å². The van der Waals surface area contributed by atoms with Crippen LogP contribution >= 0.6 is 27.7 Å². The van der Waals surface area contributed by atoms with Gasteiger partial charge in [-0.2, -0.15) is 4.99 Å². The average molecular weight is 541 g/mol. The van der Waals surface area contributed by atoms with Crippen LogP contribution in [0.25, 0.3) is 6.08 Å². The van der Waals surface area contributed by atoms with E-state index < -0.39 is 5.91 Å². The monoisotopic (exact) mass is 540 g/mol. The van der Waals surface area contributed by atoms with Crippen LogP contribution in [-0.2, 0) is 11.4 Å². The van der Waals surface area contributed by atoms with Gasteiger partial charge >= 0.3 is 0 Å². The molecule has 0 radical (unpaired) electrons. The first-order valence-electron chi connectivity index (χ1n) is 10.1. The molecule has 0 unspecified atom stereocenters. The van der Waals surface area contributed by atoms with Crippen molar-refractivity contribution in [1.82, 2.24) is 5.32 Å². The number of methoxy groups -OCH3 is 1. The molecule has 9 heteroatoms. The van der Waals surface area contributed by atoms with Crippen LogP contribution in [0.15, 0.2) is 81.1 Å². The van der Waals surface area contributed by atoms with Crippen LogP contribution in [0.4, 0.5) is 4.39 Å². The number of carbonyl (C=O) groups is 2. The van der Waals surface area contributed by atoms with Crippen molar-refractivity contribution in [1.29, 1.82) is 0 Å². The molecule has 1 aliphatic heterocycles. The second-order valence-corrected chi connectivity index (χ2v) is 8.99. The van der Waals surface area contributed by atoms with Gasteiger partial charge in [0.2, 0.25) is 0 Å². The standard InChI is InChI=1S/C25H18BrFN2O4S/c1-32-20-12-16(11-19(26)22(20)33-14-15-7-9-18(27)10-8-15)13-21-24(31)29-25(34-21)28-23(30)17-5-3-2-4-6-17/h2-13H,14H2,1H3,(H,28,29,30,31)/b21-13-. The molecule has 0 bridgehead atoms. The topological polar surface area (TPSA) is 77.0 Å². The fraction of sp³-hybridized carbons (Fsp3) is 0.0800. The van der Waals surface area contributed by atoms with Gasteiger partial charge in [-0.15, -0.1) is 0 Å². The first-order chi connectivity index (χ1) is 16.4. The zero-order valence-electron chi connectivity index (χ0n) is 17.9. The molecule has 0 spiro atoms. The number of amides is 2. The van der Waals surface area contributed by atoms with E-state index in [2.05, 4.69) is 26.2 Å². The first kappa shape index (κ1) is 23.7. The fourth-order valence-corrected chi connectivity index (χ4v) is 4.46. The minimum Gasteiger partial charge on any atom is -0.493 e. The van der Waals surface area contributed by atoms with E-state index in [1.165, 1.54) is 19.2 Å². The van der Waals surface area contributed by atoms with Crippen LogP contribution in [0.3, 0.4) is 0 Å². The number of rotatable bonds is 6. The summed E-state index contributed by atoms with van der Waals surface area (Å²) in [5.41, 5.74) is 1.93. The Balaban J connectivity index is 1.51. The molecule has 1 aliphatic rings. The normalized spacial score (nSPS) is 15.4. The second-order valence-electron chi connectivity index (χ2n) is 7.10. The summed E-state index contributed by atoms with van der Waals surface area (Å²) in [6.07, 6.45) is 1.67. The van der Waals surface area contributed by atoms with Crippen molar-refractivity contribution in [3.05, 3.63) is 98.6 Å². The summed E-state index contributed by atoms with van der Waals surface area (Å²) in [5.74, 6) is -0.160. The minimum absolute atomic E-state index is 0.218. The minimum atomic E-state index is -0.434. The highest BCUT2D eigenvalue weighted by molar-refractivity contribution is 9.10. The molecule has 0 aliphatic carbocycles. The smallest absolute Gasteiger partial charge is 0.279 e. The third-order valence-electron chi connectivity index (χ3n) is 4.72. The summed E-state index contributed by atoms with van der Waals surface area (Å²) in [6.45, 7) is 0.225. The number of carbonyl (C=O) groups excluding carboxylic acids is 2. The van der Waals surface area contributed by atoms with Gasteiger partial charge in [0.15, 0.2) is 16.7 Å². The molecule has 0 saturated carbocycles. The summed E-state index contributed by atoms with van der Waals surface area (Å²) in [4.78, 5) is 29.1. The number of amidine groups is 1. The predicted molar refractivity (Wildman–Crippen MR) is 133 cm³/mol. The lowest BCUT2D eigenvalue weighted by Crippen LogP contribution is -2.20. The number of thioether (sulfide) groups is 1. The van der Waals surface area contributed by atoms with Gasteiger partial charge in [-0.1, -0.05) is 30.3 Å². The number of benzene rings is 3. The first-order valence-corrected chi connectivity index (χ1v) is 11.7. The highest BCUT2D eigenvalue weighted by atomic mass is 79.9.